The average Bonchev–Trinajstić information content (AvgIpc) is 2.32. The van der Waals surface area contributed by atoms with Crippen molar-refractivity contribution in [3.05, 3.63) is 40.7 Å². The Balaban J connectivity index is 2.50. The Morgan fingerprint density at radius 2 is 1.81 bits per heavy atom. The predicted octanol–water partition coefficient (Wildman–Crippen LogP) is 1.74. The fraction of sp³-hybridized carbons (Fsp3) is 0.214. The van der Waals surface area contributed by atoms with Crippen LogP contribution in [0.4, 0.5) is 4.39 Å². The number of carbonyl (C=O) groups excluding carboxylic acids is 2. The molecule has 0 unspecified atom stereocenters. The summed E-state index contributed by atoms with van der Waals surface area (Å²) in [6.45, 7) is 2.76. The lowest BCUT2D eigenvalue weighted by molar-refractivity contribution is -0.222. The molecule has 0 aliphatic carbocycles. The van der Waals surface area contributed by atoms with E-state index in [-0.39, 0.29) is 5.56 Å². The van der Waals surface area contributed by atoms with E-state index < -0.39 is 40.6 Å². The molecule has 110 valence electrons. The van der Waals surface area contributed by atoms with Crippen LogP contribution < -0.4 is 0 Å². The Morgan fingerprint density at radius 1 is 1.24 bits per heavy atom. The number of carboxylic acid groups (broad SMARTS) is 1. The maximum Gasteiger partial charge on any atom is 0.348 e. The maximum atomic E-state index is 13.5. The van der Waals surface area contributed by atoms with Crippen LogP contribution in [0.3, 0.4) is 0 Å². The van der Waals surface area contributed by atoms with Crippen molar-refractivity contribution in [1.29, 1.82) is 0 Å². The van der Waals surface area contributed by atoms with Crippen molar-refractivity contribution in [1.82, 2.24) is 0 Å². The molecule has 1 fully saturated rings. The molecule has 1 aromatic carbocycles. The van der Waals surface area contributed by atoms with Gasteiger partial charge in [-0.05, 0) is 17.7 Å². The van der Waals surface area contributed by atoms with Gasteiger partial charge in [0.25, 0.3) is 5.79 Å². The molecule has 21 heavy (non-hydrogen) atoms. The zero-order valence-electron chi connectivity index (χ0n) is 11.2. The first-order valence-corrected chi connectivity index (χ1v) is 5.91. The summed E-state index contributed by atoms with van der Waals surface area (Å²) in [5, 5.41) is 8.99. The first-order chi connectivity index (χ1) is 9.71. The van der Waals surface area contributed by atoms with Gasteiger partial charge in [0.15, 0.2) is 0 Å². The zero-order chi connectivity index (χ0) is 15.8. The van der Waals surface area contributed by atoms with Crippen LogP contribution in [0.5, 0.6) is 0 Å². The highest BCUT2D eigenvalue weighted by molar-refractivity contribution is 6.19. The molecule has 0 radical (unpaired) electrons. The van der Waals surface area contributed by atoms with E-state index in [4.69, 9.17) is 14.6 Å². The van der Waals surface area contributed by atoms with E-state index in [9.17, 15) is 18.8 Å². The van der Waals surface area contributed by atoms with Crippen LogP contribution in [0.15, 0.2) is 23.8 Å². The summed E-state index contributed by atoms with van der Waals surface area (Å²) in [5.74, 6) is -5.82. The number of cyclic esters (lactones) is 2. The Bertz CT molecular complexity index is 652. The molecule has 1 heterocycles. The van der Waals surface area contributed by atoms with E-state index in [0.717, 1.165) is 12.1 Å². The van der Waals surface area contributed by atoms with Gasteiger partial charge in [-0.25, -0.2) is 18.8 Å². The van der Waals surface area contributed by atoms with E-state index in [0.29, 0.717) is 0 Å². The van der Waals surface area contributed by atoms with Gasteiger partial charge in [0, 0.05) is 13.8 Å². The summed E-state index contributed by atoms with van der Waals surface area (Å²) >= 11 is 0. The SMILES string of the molecule is CC1(C)OC(=O)C(=Cc2cccc(F)c2C(=O)O)C(=O)O1. The molecule has 0 saturated carbocycles. The van der Waals surface area contributed by atoms with Gasteiger partial charge >= 0.3 is 17.9 Å². The zero-order valence-corrected chi connectivity index (χ0v) is 11.2. The van der Waals surface area contributed by atoms with Crippen molar-refractivity contribution in [2.24, 2.45) is 0 Å². The van der Waals surface area contributed by atoms with Crippen LogP contribution >= 0.6 is 0 Å². The van der Waals surface area contributed by atoms with Crippen LogP contribution in [-0.4, -0.2) is 28.8 Å². The summed E-state index contributed by atoms with van der Waals surface area (Å²) in [5.41, 5.74) is -1.27. The number of aromatic carboxylic acids is 1. The number of hydrogen-bond acceptors (Lipinski definition) is 5. The second kappa shape index (κ2) is 5.01. The van der Waals surface area contributed by atoms with Crippen LogP contribution in [0.25, 0.3) is 6.08 Å². The number of halogens is 1. The first kappa shape index (κ1) is 14.7. The molecule has 0 amide bonds. The van der Waals surface area contributed by atoms with E-state index in [2.05, 4.69) is 0 Å². The van der Waals surface area contributed by atoms with Crippen LogP contribution in [0.2, 0.25) is 0 Å². The van der Waals surface area contributed by atoms with Crippen molar-refractivity contribution in [3.8, 4) is 0 Å². The van der Waals surface area contributed by atoms with E-state index >= 15 is 0 Å². The quantitative estimate of drug-likeness (QED) is 0.507. The van der Waals surface area contributed by atoms with Crippen LogP contribution in [0.1, 0.15) is 29.8 Å². The number of esters is 2. The third kappa shape index (κ3) is 2.91. The molecular weight excluding hydrogens is 283 g/mol. The standard InChI is InChI=1S/C14H11FO6/c1-14(2)20-12(18)8(13(19)21-14)6-7-4-3-5-9(15)10(7)11(16)17/h3-6H,1-2H3,(H,16,17). The molecule has 1 saturated heterocycles. The van der Waals surface area contributed by atoms with Gasteiger partial charge in [0.2, 0.25) is 0 Å². The molecule has 0 aromatic heterocycles. The van der Waals surface area contributed by atoms with Crippen molar-refractivity contribution in [2.75, 3.05) is 0 Å². The number of ether oxygens (including phenoxy) is 2. The van der Waals surface area contributed by atoms with Crippen LogP contribution in [-0.2, 0) is 19.1 Å². The molecule has 6 nitrogen and oxygen atoms in total. The third-order valence-electron chi connectivity index (χ3n) is 2.68. The van der Waals surface area contributed by atoms with Gasteiger partial charge in [0.1, 0.15) is 17.0 Å². The molecule has 0 spiro atoms. The summed E-state index contributed by atoms with van der Waals surface area (Å²) in [6, 6.07) is 3.49. The smallest absolute Gasteiger partial charge is 0.348 e. The minimum absolute atomic E-state index is 0.133. The normalized spacial score (nSPS) is 17.0. The molecular formula is C14H11FO6. The fourth-order valence-corrected chi connectivity index (χ4v) is 1.82. The first-order valence-electron chi connectivity index (χ1n) is 5.91. The number of benzene rings is 1. The maximum absolute atomic E-state index is 13.5. The number of carbonyl (C=O) groups is 3. The highest BCUT2D eigenvalue weighted by Crippen LogP contribution is 2.25. The van der Waals surface area contributed by atoms with Gasteiger partial charge < -0.3 is 14.6 Å². The van der Waals surface area contributed by atoms with Gasteiger partial charge in [-0.15, -0.1) is 0 Å². The van der Waals surface area contributed by atoms with Gasteiger partial charge in [-0.2, -0.15) is 0 Å². The topological polar surface area (TPSA) is 89.9 Å². The lowest BCUT2D eigenvalue weighted by Gasteiger charge is -2.29. The Hall–Kier alpha value is -2.70. The number of hydrogen-bond donors (Lipinski definition) is 1. The summed E-state index contributed by atoms with van der Waals surface area (Å²) in [6.07, 6.45) is 0.937. The van der Waals surface area contributed by atoms with Gasteiger partial charge in [0.05, 0.1) is 0 Å². The summed E-state index contributed by atoms with van der Waals surface area (Å²) < 4.78 is 23.3. The van der Waals surface area contributed by atoms with E-state index in [1.807, 2.05) is 0 Å². The molecule has 0 atom stereocenters. The molecule has 0 bridgehead atoms. The highest BCUT2D eigenvalue weighted by Gasteiger charge is 2.39. The van der Waals surface area contributed by atoms with Crippen molar-refractivity contribution in [2.45, 2.75) is 19.6 Å². The van der Waals surface area contributed by atoms with Gasteiger partial charge in [-0.3, -0.25) is 0 Å². The van der Waals surface area contributed by atoms with Crippen LogP contribution in [0, 0.1) is 5.82 Å². The third-order valence-corrected chi connectivity index (χ3v) is 2.68. The Kier molecular flexibility index (Phi) is 3.51. The highest BCUT2D eigenvalue weighted by atomic mass is 19.1. The number of rotatable bonds is 2. The number of carboxylic acids is 1. The largest absolute Gasteiger partial charge is 0.478 e. The molecule has 1 aromatic rings. The fourth-order valence-electron chi connectivity index (χ4n) is 1.82. The van der Waals surface area contributed by atoms with E-state index in [1.165, 1.54) is 26.0 Å². The summed E-state index contributed by atoms with van der Waals surface area (Å²) in [4.78, 5) is 34.6. The summed E-state index contributed by atoms with van der Waals surface area (Å²) in [7, 11) is 0. The molecule has 2 rings (SSSR count). The molecule has 7 heteroatoms. The predicted molar refractivity (Wildman–Crippen MR) is 67.6 cm³/mol. The monoisotopic (exact) mass is 294 g/mol. The lowest BCUT2D eigenvalue weighted by atomic mass is 10.0. The molecule has 1 aliphatic heterocycles. The van der Waals surface area contributed by atoms with E-state index in [1.54, 1.807) is 0 Å². The minimum Gasteiger partial charge on any atom is -0.478 e. The molecule has 1 aliphatic rings. The Labute approximate surface area is 118 Å². The lowest BCUT2D eigenvalue weighted by Crippen LogP contribution is -2.41. The van der Waals surface area contributed by atoms with Gasteiger partial charge in [-0.1, -0.05) is 12.1 Å². The van der Waals surface area contributed by atoms with Crippen molar-refractivity contribution in [3.63, 3.8) is 0 Å². The average molecular weight is 294 g/mol. The second-order valence-corrected chi connectivity index (χ2v) is 4.75. The molecule has 1 N–H and O–H groups in total. The Morgan fingerprint density at radius 3 is 2.33 bits per heavy atom. The minimum atomic E-state index is -1.52. The van der Waals surface area contributed by atoms with Crippen molar-refractivity contribution >= 4 is 24.0 Å². The van der Waals surface area contributed by atoms with Crippen molar-refractivity contribution < 1.29 is 33.4 Å². The second-order valence-electron chi connectivity index (χ2n) is 4.75.